The fourth-order valence-electron chi connectivity index (χ4n) is 4.30. The summed E-state index contributed by atoms with van der Waals surface area (Å²) in [4.78, 5) is 15.0. The van der Waals surface area contributed by atoms with Gasteiger partial charge in [0.2, 0.25) is 15.9 Å². The lowest BCUT2D eigenvalue weighted by Gasteiger charge is -2.34. The zero-order valence-electron chi connectivity index (χ0n) is 16.0. The minimum atomic E-state index is -3.81. The lowest BCUT2D eigenvalue weighted by Crippen LogP contribution is -2.46. The number of carbonyl (C=O) groups is 1. The average Bonchev–Trinajstić information content (AvgIpc) is 3.03. The summed E-state index contributed by atoms with van der Waals surface area (Å²) in [6.07, 6.45) is 1.80. The minimum absolute atomic E-state index is 0.0600. The van der Waals surface area contributed by atoms with Crippen LogP contribution in [0.4, 0.5) is 5.69 Å². The molecule has 2 aromatic rings. The Bertz CT molecular complexity index is 1030. The molecule has 4 rings (SSSR count). The summed E-state index contributed by atoms with van der Waals surface area (Å²) >= 11 is 12.2. The number of halogens is 2. The van der Waals surface area contributed by atoms with E-state index in [0.717, 1.165) is 12.1 Å². The van der Waals surface area contributed by atoms with Gasteiger partial charge in [-0.25, -0.2) is 8.42 Å². The Labute approximate surface area is 181 Å². The standard InChI is InChI=1S/C21H22Cl2N2O3S/c1-14-13-16-5-2-3-8-19(16)25(14)21(26)15-9-11-24(12-10-15)29(27,28)20-17(22)6-4-7-18(20)23/h2-8,14-15H,9-13H2,1H3. The molecule has 0 bridgehead atoms. The van der Waals surface area contributed by atoms with Crippen molar-refractivity contribution in [1.82, 2.24) is 4.31 Å². The van der Waals surface area contributed by atoms with Crippen LogP contribution in [-0.4, -0.2) is 37.8 Å². The second kappa shape index (κ2) is 7.91. The predicted molar refractivity (Wildman–Crippen MR) is 115 cm³/mol. The summed E-state index contributed by atoms with van der Waals surface area (Å²) in [7, 11) is -3.81. The Balaban J connectivity index is 1.49. The highest BCUT2D eigenvalue weighted by Crippen LogP contribution is 2.36. The summed E-state index contributed by atoms with van der Waals surface area (Å²) in [5, 5.41) is 0.219. The van der Waals surface area contributed by atoms with Gasteiger partial charge in [-0.2, -0.15) is 4.31 Å². The molecule has 1 amide bonds. The van der Waals surface area contributed by atoms with Gasteiger partial charge in [-0.15, -0.1) is 0 Å². The molecule has 0 radical (unpaired) electrons. The van der Waals surface area contributed by atoms with Crippen molar-refractivity contribution in [1.29, 1.82) is 0 Å². The predicted octanol–water partition coefficient (Wildman–Crippen LogP) is 4.37. The number of anilines is 1. The molecule has 5 nitrogen and oxygen atoms in total. The number of nitrogens with zero attached hydrogens (tertiary/aromatic N) is 2. The summed E-state index contributed by atoms with van der Waals surface area (Å²) in [6, 6.07) is 12.7. The molecule has 1 atom stereocenters. The number of rotatable bonds is 3. The molecule has 8 heteroatoms. The maximum atomic E-state index is 13.2. The van der Waals surface area contributed by atoms with E-state index in [4.69, 9.17) is 23.2 Å². The zero-order valence-corrected chi connectivity index (χ0v) is 18.3. The number of fused-ring (bicyclic) bond motifs is 1. The van der Waals surface area contributed by atoms with Crippen LogP contribution in [0.1, 0.15) is 25.3 Å². The van der Waals surface area contributed by atoms with E-state index >= 15 is 0 Å². The number of piperidine rings is 1. The Morgan fingerprint density at radius 1 is 1.00 bits per heavy atom. The largest absolute Gasteiger partial charge is 0.309 e. The summed E-state index contributed by atoms with van der Waals surface area (Å²) in [5.74, 6) is -0.118. The van der Waals surface area contributed by atoms with Crippen molar-refractivity contribution >= 4 is 44.8 Å². The Hall–Kier alpha value is -1.60. The number of para-hydroxylation sites is 1. The number of hydrogen-bond acceptors (Lipinski definition) is 3. The fraction of sp³-hybridized carbons (Fsp3) is 0.381. The third-order valence-corrected chi connectivity index (χ3v) is 8.62. The third kappa shape index (κ3) is 3.67. The quantitative estimate of drug-likeness (QED) is 0.694. The maximum absolute atomic E-state index is 13.2. The first kappa shape index (κ1) is 20.7. The van der Waals surface area contributed by atoms with Crippen molar-refractivity contribution in [2.24, 2.45) is 5.92 Å². The lowest BCUT2D eigenvalue weighted by molar-refractivity contribution is -0.123. The van der Waals surface area contributed by atoms with Gasteiger partial charge < -0.3 is 4.90 Å². The monoisotopic (exact) mass is 452 g/mol. The van der Waals surface area contributed by atoms with Crippen LogP contribution >= 0.6 is 23.2 Å². The van der Waals surface area contributed by atoms with E-state index in [9.17, 15) is 13.2 Å². The molecule has 1 fully saturated rings. The molecule has 0 spiro atoms. The first-order valence-corrected chi connectivity index (χ1v) is 11.9. The van der Waals surface area contributed by atoms with Crippen LogP contribution in [0.2, 0.25) is 10.0 Å². The van der Waals surface area contributed by atoms with E-state index in [2.05, 4.69) is 13.0 Å². The van der Waals surface area contributed by atoms with Gasteiger partial charge in [0.25, 0.3) is 0 Å². The second-order valence-electron chi connectivity index (χ2n) is 7.62. The molecular weight excluding hydrogens is 431 g/mol. The number of hydrogen-bond donors (Lipinski definition) is 0. The molecular formula is C21H22Cl2N2O3S. The Morgan fingerprint density at radius 3 is 2.28 bits per heavy atom. The molecule has 0 saturated carbocycles. The smallest absolute Gasteiger partial charge is 0.246 e. The van der Waals surface area contributed by atoms with Crippen molar-refractivity contribution in [3.63, 3.8) is 0 Å². The topological polar surface area (TPSA) is 57.7 Å². The van der Waals surface area contributed by atoms with E-state index in [0.29, 0.717) is 12.8 Å². The molecule has 2 aliphatic heterocycles. The Morgan fingerprint density at radius 2 is 1.62 bits per heavy atom. The molecule has 0 aromatic heterocycles. The summed E-state index contributed by atoms with van der Waals surface area (Å²) < 4.78 is 27.5. The first-order chi connectivity index (χ1) is 13.8. The van der Waals surface area contributed by atoms with Gasteiger partial charge in [-0.3, -0.25) is 4.79 Å². The first-order valence-electron chi connectivity index (χ1n) is 9.66. The number of amides is 1. The number of sulfonamides is 1. The van der Waals surface area contributed by atoms with Gasteiger partial charge in [0.1, 0.15) is 4.90 Å². The second-order valence-corrected chi connectivity index (χ2v) is 10.3. The Kier molecular flexibility index (Phi) is 5.64. The van der Waals surface area contributed by atoms with Crippen LogP contribution < -0.4 is 4.90 Å². The van der Waals surface area contributed by atoms with Crippen LogP contribution in [0.15, 0.2) is 47.4 Å². The van der Waals surface area contributed by atoms with Crippen molar-refractivity contribution in [2.75, 3.05) is 18.0 Å². The van der Waals surface area contributed by atoms with Gasteiger partial charge in [-0.05, 0) is 49.9 Å². The molecule has 0 aliphatic carbocycles. The molecule has 1 unspecified atom stereocenters. The van der Waals surface area contributed by atoms with E-state index in [1.165, 1.54) is 22.0 Å². The highest BCUT2D eigenvalue weighted by molar-refractivity contribution is 7.89. The van der Waals surface area contributed by atoms with Crippen LogP contribution in [-0.2, 0) is 21.2 Å². The molecule has 29 heavy (non-hydrogen) atoms. The van der Waals surface area contributed by atoms with Gasteiger partial charge in [0.05, 0.1) is 10.0 Å². The third-order valence-electron chi connectivity index (χ3n) is 5.76. The fourth-order valence-corrected chi connectivity index (χ4v) is 6.86. The minimum Gasteiger partial charge on any atom is -0.309 e. The van der Waals surface area contributed by atoms with Crippen molar-refractivity contribution in [3.05, 3.63) is 58.1 Å². The molecule has 0 N–H and O–H groups in total. The van der Waals surface area contributed by atoms with Crippen LogP contribution in [0.5, 0.6) is 0 Å². The van der Waals surface area contributed by atoms with Crippen molar-refractivity contribution in [2.45, 2.75) is 37.1 Å². The highest BCUT2D eigenvalue weighted by Gasteiger charge is 2.38. The normalized spacial score (nSPS) is 20.7. The number of benzene rings is 2. The highest BCUT2D eigenvalue weighted by atomic mass is 35.5. The van der Waals surface area contributed by atoms with E-state index in [1.807, 2.05) is 23.1 Å². The lowest BCUT2D eigenvalue weighted by atomic mass is 9.96. The molecule has 2 heterocycles. The van der Waals surface area contributed by atoms with E-state index in [1.54, 1.807) is 6.07 Å². The molecule has 2 aliphatic rings. The molecule has 154 valence electrons. The SMILES string of the molecule is CC1Cc2ccccc2N1C(=O)C1CCN(S(=O)(=O)c2c(Cl)cccc2Cl)CC1. The van der Waals surface area contributed by atoms with Gasteiger partial charge in [0, 0.05) is 30.7 Å². The summed E-state index contributed by atoms with van der Waals surface area (Å²) in [5.41, 5.74) is 2.16. The van der Waals surface area contributed by atoms with Gasteiger partial charge in [0.15, 0.2) is 0 Å². The van der Waals surface area contributed by atoms with Crippen LogP contribution in [0.3, 0.4) is 0 Å². The summed E-state index contributed by atoms with van der Waals surface area (Å²) in [6.45, 7) is 2.59. The molecule has 2 aromatic carbocycles. The van der Waals surface area contributed by atoms with E-state index in [-0.39, 0.29) is 45.9 Å². The molecule has 1 saturated heterocycles. The van der Waals surface area contributed by atoms with E-state index < -0.39 is 10.0 Å². The zero-order chi connectivity index (χ0) is 20.8. The van der Waals surface area contributed by atoms with Gasteiger partial charge in [-0.1, -0.05) is 47.5 Å². The van der Waals surface area contributed by atoms with Gasteiger partial charge >= 0.3 is 0 Å². The maximum Gasteiger partial charge on any atom is 0.246 e. The van der Waals surface area contributed by atoms with Crippen LogP contribution in [0, 0.1) is 5.92 Å². The average molecular weight is 453 g/mol. The van der Waals surface area contributed by atoms with Crippen molar-refractivity contribution in [3.8, 4) is 0 Å². The van der Waals surface area contributed by atoms with Crippen LogP contribution in [0.25, 0.3) is 0 Å². The van der Waals surface area contributed by atoms with Crippen molar-refractivity contribution < 1.29 is 13.2 Å². The number of carbonyl (C=O) groups excluding carboxylic acids is 1.